The van der Waals surface area contributed by atoms with Crippen LogP contribution in [0.2, 0.25) is 0 Å². The molecule has 1 heterocycles. The first-order valence-electron chi connectivity index (χ1n) is 6.11. The number of hydrogen-bond donors (Lipinski definition) is 0. The summed E-state index contributed by atoms with van der Waals surface area (Å²) in [5.74, 6) is 0. The monoisotopic (exact) mass is 236 g/mol. The summed E-state index contributed by atoms with van der Waals surface area (Å²) < 4.78 is 0. The molecule has 94 valence electrons. The lowest BCUT2D eigenvalue weighted by Crippen LogP contribution is -2.20. The third-order valence-corrected chi connectivity index (χ3v) is 2.93. The largest absolute Gasteiger partial charge is 0.306 e. The van der Waals surface area contributed by atoms with Crippen molar-refractivity contribution >= 4 is 5.69 Å². The lowest BCUT2D eigenvalue weighted by atomic mass is 10.0. The predicted molar refractivity (Wildman–Crippen MR) is 69.3 cm³/mol. The molecule has 0 spiro atoms. The highest BCUT2D eigenvalue weighted by atomic mass is 16.6. The quantitative estimate of drug-likeness (QED) is 0.556. The maximum Gasteiger partial charge on any atom is 0.269 e. The van der Waals surface area contributed by atoms with Crippen molar-refractivity contribution in [1.82, 2.24) is 4.90 Å². The van der Waals surface area contributed by atoms with E-state index in [4.69, 9.17) is 0 Å². The fraction of sp³-hybridized carbons (Fsp3) is 0.538. The van der Waals surface area contributed by atoms with Crippen LogP contribution in [0.5, 0.6) is 0 Å². The number of non-ortho nitro benzene ring substituents is 1. The Hall–Kier alpha value is -1.42. The lowest BCUT2D eigenvalue weighted by molar-refractivity contribution is -0.384. The number of likely N-dealkylation sites (N-methyl/N-ethyl adjacent to an activating group) is 1. The molecule has 4 heteroatoms. The highest BCUT2D eigenvalue weighted by Gasteiger charge is 2.14. The van der Waals surface area contributed by atoms with Crippen LogP contribution in [0.15, 0.2) is 18.2 Å². The van der Waals surface area contributed by atoms with Gasteiger partial charge in [0.15, 0.2) is 0 Å². The van der Waals surface area contributed by atoms with E-state index in [1.54, 1.807) is 12.1 Å². The molecule has 0 fully saturated rings. The van der Waals surface area contributed by atoms with Crippen LogP contribution in [0.1, 0.15) is 25.0 Å². The minimum absolute atomic E-state index is 0.207. The van der Waals surface area contributed by atoms with E-state index in [1.807, 2.05) is 19.9 Å². The highest BCUT2D eigenvalue weighted by molar-refractivity contribution is 5.40. The molecule has 0 aromatic heterocycles. The van der Waals surface area contributed by atoms with Gasteiger partial charge in [-0.25, -0.2) is 0 Å². The Morgan fingerprint density at radius 3 is 2.35 bits per heavy atom. The molecule has 0 radical (unpaired) electrons. The number of hydrogen-bond acceptors (Lipinski definition) is 3. The van der Waals surface area contributed by atoms with Crippen LogP contribution in [-0.4, -0.2) is 30.0 Å². The number of rotatable bonds is 1. The smallest absolute Gasteiger partial charge is 0.269 e. The van der Waals surface area contributed by atoms with Crippen LogP contribution in [-0.2, 0) is 12.8 Å². The molecule has 1 aromatic rings. The molecule has 0 unspecified atom stereocenters. The molecule has 0 saturated heterocycles. The van der Waals surface area contributed by atoms with Gasteiger partial charge in [-0.05, 0) is 31.0 Å². The molecule has 1 aliphatic heterocycles. The van der Waals surface area contributed by atoms with Crippen LogP contribution in [0.4, 0.5) is 5.69 Å². The second-order valence-electron chi connectivity index (χ2n) is 4.01. The molecule has 0 aliphatic carbocycles. The van der Waals surface area contributed by atoms with Gasteiger partial charge >= 0.3 is 0 Å². The Labute approximate surface area is 102 Å². The third-order valence-electron chi connectivity index (χ3n) is 2.93. The minimum atomic E-state index is -0.325. The van der Waals surface area contributed by atoms with Crippen LogP contribution < -0.4 is 0 Å². The topological polar surface area (TPSA) is 46.4 Å². The van der Waals surface area contributed by atoms with Gasteiger partial charge in [0.25, 0.3) is 5.69 Å². The van der Waals surface area contributed by atoms with Gasteiger partial charge in [0.2, 0.25) is 0 Å². The first-order valence-corrected chi connectivity index (χ1v) is 6.11. The summed E-state index contributed by atoms with van der Waals surface area (Å²) in [6, 6.07) is 5.21. The summed E-state index contributed by atoms with van der Waals surface area (Å²) in [6.45, 7) is 6.01. The fourth-order valence-electron chi connectivity index (χ4n) is 1.94. The first kappa shape index (κ1) is 13.6. The van der Waals surface area contributed by atoms with Gasteiger partial charge in [0, 0.05) is 25.2 Å². The molecule has 0 bridgehead atoms. The average molecular weight is 236 g/mol. The number of fused-ring (bicyclic) bond motifs is 1. The van der Waals surface area contributed by atoms with Crippen molar-refractivity contribution in [3.05, 3.63) is 39.4 Å². The Morgan fingerprint density at radius 1 is 1.18 bits per heavy atom. The van der Waals surface area contributed by atoms with Crippen LogP contribution >= 0.6 is 0 Å². The van der Waals surface area contributed by atoms with Gasteiger partial charge in [-0.3, -0.25) is 10.1 Å². The van der Waals surface area contributed by atoms with Crippen molar-refractivity contribution in [2.45, 2.75) is 26.7 Å². The minimum Gasteiger partial charge on any atom is -0.306 e. The molecule has 1 aliphatic rings. The Morgan fingerprint density at radius 2 is 1.76 bits per heavy atom. The van der Waals surface area contributed by atoms with Gasteiger partial charge in [-0.15, -0.1) is 0 Å². The fourth-order valence-corrected chi connectivity index (χ4v) is 1.94. The summed E-state index contributed by atoms with van der Waals surface area (Å²) in [4.78, 5) is 12.6. The SMILES string of the molecule is CC.CN1CCc2ccc([N+](=O)[O-])cc2CC1. The van der Waals surface area contributed by atoms with Gasteiger partial charge in [0.05, 0.1) is 4.92 Å². The van der Waals surface area contributed by atoms with Gasteiger partial charge in [-0.2, -0.15) is 0 Å². The van der Waals surface area contributed by atoms with E-state index in [1.165, 1.54) is 5.56 Å². The van der Waals surface area contributed by atoms with Crippen molar-refractivity contribution < 1.29 is 4.92 Å². The van der Waals surface area contributed by atoms with Gasteiger partial charge in [0.1, 0.15) is 0 Å². The summed E-state index contributed by atoms with van der Waals surface area (Å²) in [7, 11) is 2.08. The molecular weight excluding hydrogens is 216 g/mol. The summed E-state index contributed by atoms with van der Waals surface area (Å²) in [5.41, 5.74) is 2.59. The molecular formula is C13H20N2O2. The molecule has 0 amide bonds. The summed E-state index contributed by atoms with van der Waals surface area (Å²) in [6.07, 6.45) is 1.90. The maximum atomic E-state index is 10.6. The third kappa shape index (κ3) is 3.53. The van der Waals surface area contributed by atoms with Crippen molar-refractivity contribution in [1.29, 1.82) is 0 Å². The first-order chi connectivity index (χ1) is 8.16. The zero-order valence-electron chi connectivity index (χ0n) is 10.8. The number of nitro benzene ring substituents is 1. The zero-order valence-corrected chi connectivity index (χ0v) is 10.8. The molecule has 0 atom stereocenters. The van der Waals surface area contributed by atoms with Gasteiger partial charge in [-0.1, -0.05) is 19.9 Å². The van der Waals surface area contributed by atoms with E-state index < -0.39 is 0 Å². The Balaban J connectivity index is 0.000000686. The van der Waals surface area contributed by atoms with Crippen LogP contribution in [0.3, 0.4) is 0 Å². The van der Waals surface area contributed by atoms with Crippen molar-refractivity contribution in [2.24, 2.45) is 0 Å². The molecule has 4 nitrogen and oxygen atoms in total. The lowest BCUT2D eigenvalue weighted by Gasteiger charge is -2.10. The van der Waals surface area contributed by atoms with E-state index in [-0.39, 0.29) is 10.6 Å². The zero-order chi connectivity index (χ0) is 12.8. The van der Waals surface area contributed by atoms with Crippen molar-refractivity contribution in [3.8, 4) is 0 Å². The summed E-state index contributed by atoms with van der Waals surface area (Å²) >= 11 is 0. The van der Waals surface area contributed by atoms with E-state index in [9.17, 15) is 10.1 Å². The van der Waals surface area contributed by atoms with Gasteiger partial charge < -0.3 is 4.90 Å². The predicted octanol–water partition coefficient (Wildman–Crippen LogP) is 2.65. The van der Waals surface area contributed by atoms with Crippen LogP contribution in [0, 0.1) is 10.1 Å². The van der Waals surface area contributed by atoms with Crippen molar-refractivity contribution in [2.75, 3.05) is 20.1 Å². The van der Waals surface area contributed by atoms with Crippen molar-refractivity contribution in [3.63, 3.8) is 0 Å². The summed E-state index contributed by atoms with van der Waals surface area (Å²) in [5, 5.41) is 10.6. The van der Waals surface area contributed by atoms with E-state index >= 15 is 0 Å². The maximum absolute atomic E-state index is 10.6. The highest BCUT2D eigenvalue weighted by Crippen LogP contribution is 2.21. The number of nitrogens with zero attached hydrogens (tertiary/aromatic N) is 2. The number of benzene rings is 1. The second-order valence-corrected chi connectivity index (χ2v) is 4.01. The molecule has 17 heavy (non-hydrogen) atoms. The average Bonchev–Trinajstić information content (AvgIpc) is 2.54. The second kappa shape index (κ2) is 6.35. The molecule has 1 aromatic carbocycles. The molecule has 2 rings (SSSR count). The van der Waals surface area contributed by atoms with E-state index in [2.05, 4.69) is 11.9 Å². The van der Waals surface area contributed by atoms with Crippen LogP contribution in [0.25, 0.3) is 0 Å². The van der Waals surface area contributed by atoms with E-state index in [0.29, 0.717) is 0 Å². The number of nitro groups is 1. The standard InChI is InChI=1S/C11H14N2O2.C2H6/c1-12-6-4-9-2-3-11(13(14)15)8-10(9)5-7-12;1-2/h2-3,8H,4-7H2,1H3;1-2H3. The molecule has 0 N–H and O–H groups in total. The Kier molecular flexibility index (Phi) is 5.10. The normalized spacial score (nSPS) is 15.2. The Bertz CT molecular complexity index is 391. The van der Waals surface area contributed by atoms with E-state index in [0.717, 1.165) is 31.5 Å². The molecule has 0 saturated carbocycles.